The Balaban J connectivity index is 3.06. The molecule has 1 unspecified atom stereocenters. The summed E-state index contributed by atoms with van der Waals surface area (Å²) in [6.07, 6.45) is 6.85. The van der Waals surface area contributed by atoms with E-state index in [0.29, 0.717) is 0 Å². The molecule has 4 heteroatoms. The van der Waals surface area contributed by atoms with E-state index in [0.717, 1.165) is 51.9 Å². The molecule has 0 amide bonds. The lowest BCUT2D eigenvalue weighted by molar-refractivity contribution is 0.509. The summed E-state index contributed by atoms with van der Waals surface area (Å²) in [4.78, 5) is 0. The number of nitrogens with two attached hydrogens (primary N) is 3. The molecule has 7 N–H and O–H groups in total. The van der Waals surface area contributed by atoms with E-state index in [4.69, 9.17) is 17.2 Å². The van der Waals surface area contributed by atoms with E-state index in [1.54, 1.807) is 0 Å². The molecule has 0 fully saturated rings. The number of hydrogen-bond acceptors (Lipinski definition) is 4. The van der Waals surface area contributed by atoms with Crippen LogP contribution in [-0.2, 0) is 0 Å². The Labute approximate surface area is 94.0 Å². The van der Waals surface area contributed by atoms with E-state index in [-0.39, 0.29) is 6.04 Å². The highest BCUT2D eigenvalue weighted by atomic mass is 14.9. The number of nitrogens with one attached hydrogen (secondary N) is 1. The van der Waals surface area contributed by atoms with Crippen molar-refractivity contribution >= 4 is 0 Å². The van der Waals surface area contributed by atoms with Crippen LogP contribution < -0.4 is 22.5 Å². The Kier molecular flexibility index (Phi) is 11.8. The highest BCUT2D eigenvalue weighted by molar-refractivity contribution is 4.64. The third kappa shape index (κ3) is 11.8. The van der Waals surface area contributed by atoms with Gasteiger partial charge in [0.15, 0.2) is 0 Å². The van der Waals surface area contributed by atoms with Gasteiger partial charge in [-0.25, -0.2) is 0 Å². The molecule has 0 saturated carbocycles. The molecule has 0 aromatic rings. The quantitative estimate of drug-likeness (QED) is 0.370. The Bertz CT molecular complexity index is 119. The van der Waals surface area contributed by atoms with Crippen molar-refractivity contribution in [2.75, 3.05) is 26.2 Å². The lowest BCUT2D eigenvalue weighted by Crippen LogP contribution is -2.34. The second-order valence-corrected chi connectivity index (χ2v) is 4.10. The normalized spacial score (nSPS) is 13.0. The first-order chi connectivity index (χ1) is 7.31. The summed E-state index contributed by atoms with van der Waals surface area (Å²) in [6, 6.07) is 0.283. The standard InChI is InChI=1S/C11H28N4/c12-7-3-1-5-9-15-10-11(14)6-2-4-8-13/h11,15H,1-10,12-14H2. The number of unbranched alkanes of at least 4 members (excludes halogenated alkanes) is 3. The minimum Gasteiger partial charge on any atom is -0.330 e. The Morgan fingerprint density at radius 1 is 0.867 bits per heavy atom. The van der Waals surface area contributed by atoms with Crippen LogP contribution in [0.25, 0.3) is 0 Å². The van der Waals surface area contributed by atoms with Crippen LogP contribution in [0.5, 0.6) is 0 Å². The zero-order valence-corrected chi connectivity index (χ0v) is 9.88. The molecule has 0 saturated heterocycles. The molecule has 0 aliphatic heterocycles. The van der Waals surface area contributed by atoms with Crippen molar-refractivity contribution in [3.63, 3.8) is 0 Å². The molecule has 0 rings (SSSR count). The summed E-state index contributed by atoms with van der Waals surface area (Å²) >= 11 is 0. The predicted molar refractivity (Wildman–Crippen MR) is 66.7 cm³/mol. The molecule has 92 valence electrons. The van der Waals surface area contributed by atoms with Gasteiger partial charge in [0, 0.05) is 12.6 Å². The second-order valence-electron chi connectivity index (χ2n) is 4.10. The molecule has 0 radical (unpaired) electrons. The lowest BCUT2D eigenvalue weighted by atomic mass is 10.1. The van der Waals surface area contributed by atoms with E-state index in [9.17, 15) is 0 Å². The summed E-state index contributed by atoms with van der Waals surface area (Å²) < 4.78 is 0. The largest absolute Gasteiger partial charge is 0.330 e. The van der Waals surface area contributed by atoms with Gasteiger partial charge < -0.3 is 22.5 Å². The monoisotopic (exact) mass is 216 g/mol. The van der Waals surface area contributed by atoms with Gasteiger partial charge in [-0.1, -0.05) is 12.8 Å². The maximum Gasteiger partial charge on any atom is 0.0165 e. The minimum atomic E-state index is 0.283. The molecular weight excluding hydrogens is 188 g/mol. The number of rotatable bonds is 11. The third-order valence-electron chi connectivity index (χ3n) is 2.49. The van der Waals surface area contributed by atoms with Crippen molar-refractivity contribution in [1.82, 2.24) is 5.32 Å². The van der Waals surface area contributed by atoms with Crippen LogP contribution >= 0.6 is 0 Å². The van der Waals surface area contributed by atoms with Crippen molar-refractivity contribution in [2.24, 2.45) is 17.2 Å². The maximum absolute atomic E-state index is 5.93. The second kappa shape index (κ2) is 11.9. The lowest BCUT2D eigenvalue weighted by Gasteiger charge is -2.12. The molecule has 15 heavy (non-hydrogen) atoms. The molecule has 0 aliphatic rings. The van der Waals surface area contributed by atoms with E-state index >= 15 is 0 Å². The van der Waals surface area contributed by atoms with Crippen LogP contribution in [0.15, 0.2) is 0 Å². The van der Waals surface area contributed by atoms with E-state index < -0.39 is 0 Å². The van der Waals surface area contributed by atoms with Gasteiger partial charge in [0.25, 0.3) is 0 Å². The first-order valence-corrected chi connectivity index (χ1v) is 6.17. The van der Waals surface area contributed by atoms with E-state index in [2.05, 4.69) is 5.32 Å². The fraction of sp³-hybridized carbons (Fsp3) is 1.00. The molecule has 0 heterocycles. The van der Waals surface area contributed by atoms with E-state index in [1.807, 2.05) is 0 Å². The summed E-state index contributed by atoms with van der Waals surface area (Å²) in [5.41, 5.74) is 16.8. The molecule has 0 spiro atoms. The Hall–Kier alpha value is -0.160. The van der Waals surface area contributed by atoms with Crippen LogP contribution in [0.1, 0.15) is 38.5 Å². The maximum atomic E-state index is 5.93. The fourth-order valence-corrected chi connectivity index (χ4v) is 1.51. The van der Waals surface area contributed by atoms with Crippen LogP contribution in [-0.4, -0.2) is 32.2 Å². The zero-order valence-electron chi connectivity index (χ0n) is 9.88. The topological polar surface area (TPSA) is 90.1 Å². The van der Waals surface area contributed by atoms with Gasteiger partial charge >= 0.3 is 0 Å². The Morgan fingerprint density at radius 3 is 2.20 bits per heavy atom. The average Bonchev–Trinajstić information content (AvgIpc) is 2.23. The molecule has 0 aliphatic carbocycles. The van der Waals surface area contributed by atoms with Gasteiger partial charge in [-0.15, -0.1) is 0 Å². The first-order valence-electron chi connectivity index (χ1n) is 6.17. The van der Waals surface area contributed by atoms with Gasteiger partial charge in [0.2, 0.25) is 0 Å². The van der Waals surface area contributed by atoms with Gasteiger partial charge in [0.05, 0.1) is 0 Å². The molecule has 4 nitrogen and oxygen atoms in total. The van der Waals surface area contributed by atoms with E-state index in [1.165, 1.54) is 12.8 Å². The van der Waals surface area contributed by atoms with Crippen molar-refractivity contribution in [1.29, 1.82) is 0 Å². The van der Waals surface area contributed by atoms with Gasteiger partial charge in [-0.3, -0.25) is 0 Å². The smallest absolute Gasteiger partial charge is 0.0165 e. The number of hydrogen-bond donors (Lipinski definition) is 4. The molecule has 1 atom stereocenters. The van der Waals surface area contributed by atoms with Crippen LogP contribution in [0.2, 0.25) is 0 Å². The van der Waals surface area contributed by atoms with Crippen molar-refractivity contribution in [3.8, 4) is 0 Å². The third-order valence-corrected chi connectivity index (χ3v) is 2.49. The van der Waals surface area contributed by atoms with Crippen LogP contribution in [0.4, 0.5) is 0 Å². The molecule has 0 bridgehead atoms. The highest BCUT2D eigenvalue weighted by Gasteiger charge is 2.00. The first kappa shape index (κ1) is 14.8. The summed E-state index contributed by atoms with van der Waals surface area (Å²) in [5, 5.41) is 3.37. The average molecular weight is 216 g/mol. The zero-order chi connectivity index (χ0) is 11.4. The summed E-state index contributed by atoms with van der Waals surface area (Å²) in [5.74, 6) is 0. The predicted octanol–water partition coefficient (Wildman–Crippen LogP) is 0.161. The molecular formula is C11H28N4. The van der Waals surface area contributed by atoms with Gasteiger partial charge in [-0.05, 0) is 45.3 Å². The summed E-state index contributed by atoms with van der Waals surface area (Å²) in [7, 11) is 0. The van der Waals surface area contributed by atoms with Gasteiger partial charge in [0.1, 0.15) is 0 Å². The van der Waals surface area contributed by atoms with Crippen LogP contribution in [0.3, 0.4) is 0 Å². The SMILES string of the molecule is NCCCCCNCC(N)CCCCN. The molecule has 0 aromatic heterocycles. The van der Waals surface area contributed by atoms with Gasteiger partial charge in [-0.2, -0.15) is 0 Å². The van der Waals surface area contributed by atoms with Crippen molar-refractivity contribution in [3.05, 3.63) is 0 Å². The van der Waals surface area contributed by atoms with Crippen molar-refractivity contribution in [2.45, 2.75) is 44.6 Å². The Morgan fingerprint density at radius 2 is 1.53 bits per heavy atom. The molecule has 0 aromatic carbocycles. The van der Waals surface area contributed by atoms with Crippen molar-refractivity contribution < 1.29 is 0 Å². The fourth-order valence-electron chi connectivity index (χ4n) is 1.51. The highest BCUT2D eigenvalue weighted by Crippen LogP contribution is 1.97. The summed E-state index contributed by atoms with van der Waals surface area (Å²) in [6.45, 7) is 3.57. The minimum absolute atomic E-state index is 0.283. The van der Waals surface area contributed by atoms with Crippen LogP contribution in [0, 0.1) is 0 Å².